The van der Waals surface area contributed by atoms with Crippen molar-refractivity contribution in [2.24, 2.45) is 5.92 Å². The van der Waals surface area contributed by atoms with E-state index in [2.05, 4.69) is 10.00 Å². The summed E-state index contributed by atoms with van der Waals surface area (Å²) in [6, 6.07) is 2.68. The first-order chi connectivity index (χ1) is 12.6. The van der Waals surface area contributed by atoms with E-state index in [0.29, 0.717) is 19.4 Å². The van der Waals surface area contributed by atoms with Gasteiger partial charge in [-0.3, -0.25) is 19.2 Å². The van der Waals surface area contributed by atoms with Gasteiger partial charge in [-0.15, -0.1) is 0 Å². The minimum absolute atomic E-state index is 0.0943. The van der Waals surface area contributed by atoms with Gasteiger partial charge in [0, 0.05) is 45.1 Å². The van der Waals surface area contributed by atoms with Gasteiger partial charge in [-0.1, -0.05) is 0 Å². The third kappa shape index (κ3) is 3.77. The molecule has 1 amide bonds. The van der Waals surface area contributed by atoms with Crippen molar-refractivity contribution < 1.29 is 14.7 Å². The number of amides is 1. The number of carbonyl (C=O) groups is 2. The normalized spacial score (nSPS) is 25.3. The molecule has 3 aliphatic rings. The molecule has 0 radical (unpaired) electrons. The van der Waals surface area contributed by atoms with E-state index in [1.807, 2.05) is 15.6 Å². The fourth-order valence-electron chi connectivity index (χ4n) is 4.79. The molecule has 1 aliphatic carbocycles. The van der Waals surface area contributed by atoms with Crippen molar-refractivity contribution in [2.45, 2.75) is 64.1 Å². The molecule has 2 atom stereocenters. The lowest BCUT2D eigenvalue weighted by atomic mass is 10.1. The quantitative estimate of drug-likeness (QED) is 0.832. The Morgan fingerprint density at radius 1 is 1.23 bits per heavy atom. The summed E-state index contributed by atoms with van der Waals surface area (Å²) in [5, 5.41) is 13.4. The molecule has 1 N–H and O–H groups in total. The summed E-state index contributed by atoms with van der Waals surface area (Å²) in [4.78, 5) is 28.0. The number of carboxylic acids is 1. The molecule has 7 heteroatoms. The zero-order chi connectivity index (χ0) is 18.1. The van der Waals surface area contributed by atoms with Gasteiger partial charge in [-0.25, -0.2) is 0 Å². The summed E-state index contributed by atoms with van der Waals surface area (Å²) in [7, 11) is 0. The van der Waals surface area contributed by atoms with Crippen molar-refractivity contribution in [3.63, 3.8) is 0 Å². The van der Waals surface area contributed by atoms with E-state index in [1.165, 1.54) is 25.8 Å². The molecular formula is C19H28N4O3. The third-order valence-electron chi connectivity index (χ3n) is 6.15. The Kier molecular flexibility index (Phi) is 4.98. The lowest BCUT2D eigenvalue weighted by Crippen LogP contribution is -2.37. The fourth-order valence-corrected chi connectivity index (χ4v) is 4.79. The number of piperidine rings is 1. The number of aryl methyl sites for hydroxylation is 2. The third-order valence-corrected chi connectivity index (χ3v) is 6.15. The minimum Gasteiger partial charge on any atom is -0.481 e. The maximum Gasteiger partial charge on any atom is 0.303 e. The van der Waals surface area contributed by atoms with Crippen molar-refractivity contribution in [3.8, 4) is 0 Å². The predicted molar refractivity (Wildman–Crippen MR) is 95.5 cm³/mol. The van der Waals surface area contributed by atoms with Crippen LogP contribution in [0.3, 0.4) is 0 Å². The van der Waals surface area contributed by atoms with Crippen LogP contribution >= 0.6 is 0 Å². The summed E-state index contributed by atoms with van der Waals surface area (Å²) in [6.45, 7) is 4.23. The zero-order valence-corrected chi connectivity index (χ0v) is 15.3. The summed E-state index contributed by atoms with van der Waals surface area (Å²) in [6.07, 6.45) is 6.04. The van der Waals surface area contributed by atoms with Gasteiger partial charge in [0.2, 0.25) is 5.91 Å². The van der Waals surface area contributed by atoms with E-state index < -0.39 is 5.97 Å². The average molecular weight is 360 g/mol. The molecule has 26 heavy (non-hydrogen) atoms. The Bertz CT molecular complexity index is 686. The van der Waals surface area contributed by atoms with Crippen molar-refractivity contribution in [3.05, 3.63) is 17.5 Å². The maximum atomic E-state index is 12.7. The number of hydrogen-bond donors (Lipinski definition) is 1. The van der Waals surface area contributed by atoms with E-state index in [4.69, 9.17) is 5.11 Å². The van der Waals surface area contributed by atoms with Gasteiger partial charge < -0.3 is 10.0 Å². The summed E-state index contributed by atoms with van der Waals surface area (Å²) < 4.78 is 1.95. The van der Waals surface area contributed by atoms with E-state index in [9.17, 15) is 9.59 Å². The second-order valence-electron chi connectivity index (χ2n) is 7.99. The number of aliphatic carboxylic acids is 1. The minimum atomic E-state index is -0.805. The van der Waals surface area contributed by atoms with Crippen molar-refractivity contribution in [1.29, 1.82) is 0 Å². The van der Waals surface area contributed by atoms with Crippen LogP contribution in [0.15, 0.2) is 6.07 Å². The van der Waals surface area contributed by atoms with Crippen molar-refractivity contribution >= 4 is 11.9 Å². The van der Waals surface area contributed by atoms with Gasteiger partial charge in [0.05, 0.1) is 24.4 Å². The monoisotopic (exact) mass is 360 g/mol. The molecule has 4 rings (SSSR count). The second-order valence-corrected chi connectivity index (χ2v) is 7.99. The van der Waals surface area contributed by atoms with Gasteiger partial charge in [0.25, 0.3) is 0 Å². The molecule has 2 fully saturated rings. The number of likely N-dealkylation sites (tertiary alicyclic amines) is 1. The molecule has 7 nitrogen and oxygen atoms in total. The molecule has 2 bridgehead atoms. The highest BCUT2D eigenvalue weighted by molar-refractivity contribution is 5.76. The Balaban J connectivity index is 1.32. The van der Waals surface area contributed by atoms with Crippen LogP contribution in [0, 0.1) is 5.92 Å². The van der Waals surface area contributed by atoms with Gasteiger partial charge >= 0.3 is 5.97 Å². The lowest BCUT2D eigenvalue weighted by Gasteiger charge is -2.28. The standard InChI is InChI=1S/C19H28N4O3/c24-18(6-9-21-12-14-2-4-16(21)10-14)22-7-1-8-23-17(13-22)11-15(20-23)3-5-19(25)26/h11,14,16H,1-10,12-13H2,(H,25,26)/t14-,16+/m1/s1. The van der Waals surface area contributed by atoms with Gasteiger partial charge in [0.1, 0.15) is 0 Å². The molecule has 1 saturated heterocycles. The number of aromatic nitrogens is 2. The molecule has 1 aromatic heterocycles. The molecule has 1 saturated carbocycles. The summed E-state index contributed by atoms with van der Waals surface area (Å²) >= 11 is 0. The molecule has 0 aromatic carbocycles. The highest BCUT2D eigenvalue weighted by Gasteiger charge is 2.37. The van der Waals surface area contributed by atoms with E-state index in [-0.39, 0.29) is 12.3 Å². The van der Waals surface area contributed by atoms with Crippen LogP contribution in [0.1, 0.15) is 49.9 Å². The SMILES string of the molecule is O=C(O)CCc1cc2n(n1)CCCN(C(=O)CCN1C[C@@H]3CC[C@H]1C3)C2. The Morgan fingerprint density at radius 3 is 2.85 bits per heavy atom. The van der Waals surface area contributed by atoms with E-state index in [0.717, 1.165) is 49.4 Å². The highest BCUT2D eigenvalue weighted by atomic mass is 16.4. The number of nitrogens with zero attached hydrogens (tertiary/aromatic N) is 4. The average Bonchev–Trinajstić information content (AvgIpc) is 3.30. The van der Waals surface area contributed by atoms with Crippen LogP contribution in [0.4, 0.5) is 0 Å². The van der Waals surface area contributed by atoms with Crippen LogP contribution in [0.5, 0.6) is 0 Å². The highest BCUT2D eigenvalue weighted by Crippen LogP contribution is 2.37. The first-order valence-electron chi connectivity index (χ1n) is 9.87. The molecule has 0 spiro atoms. The van der Waals surface area contributed by atoms with Crippen LogP contribution in [0.25, 0.3) is 0 Å². The van der Waals surface area contributed by atoms with Gasteiger partial charge in [-0.2, -0.15) is 5.10 Å². The van der Waals surface area contributed by atoms with E-state index in [1.54, 1.807) is 0 Å². The van der Waals surface area contributed by atoms with Gasteiger partial charge in [0.15, 0.2) is 0 Å². The molecule has 0 unspecified atom stereocenters. The summed E-state index contributed by atoms with van der Waals surface area (Å²) in [5.41, 5.74) is 1.83. The van der Waals surface area contributed by atoms with E-state index >= 15 is 0 Å². The summed E-state index contributed by atoms with van der Waals surface area (Å²) in [5.74, 6) is 0.294. The first kappa shape index (κ1) is 17.5. The number of rotatable bonds is 6. The number of carbonyl (C=O) groups excluding carboxylic acids is 1. The smallest absolute Gasteiger partial charge is 0.303 e. The fraction of sp³-hybridized carbons (Fsp3) is 0.737. The molecular weight excluding hydrogens is 332 g/mol. The Hall–Kier alpha value is -1.89. The zero-order valence-electron chi connectivity index (χ0n) is 15.3. The topological polar surface area (TPSA) is 78.7 Å². The van der Waals surface area contributed by atoms with Crippen molar-refractivity contribution in [1.82, 2.24) is 19.6 Å². The number of carboxylic acid groups (broad SMARTS) is 1. The molecule has 142 valence electrons. The predicted octanol–water partition coefficient (Wildman–Crippen LogP) is 1.51. The van der Waals surface area contributed by atoms with Crippen LogP contribution in [0.2, 0.25) is 0 Å². The lowest BCUT2D eigenvalue weighted by molar-refractivity contribution is -0.137. The van der Waals surface area contributed by atoms with Crippen LogP contribution in [-0.2, 0) is 29.1 Å². The molecule has 1 aromatic rings. The van der Waals surface area contributed by atoms with Crippen LogP contribution < -0.4 is 0 Å². The molecule has 3 heterocycles. The van der Waals surface area contributed by atoms with Crippen molar-refractivity contribution in [2.75, 3.05) is 19.6 Å². The first-order valence-corrected chi connectivity index (χ1v) is 9.87. The van der Waals surface area contributed by atoms with Crippen LogP contribution in [-0.4, -0.2) is 62.2 Å². The molecule has 2 aliphatic heterocycles. The van der Waals surface area contributed by atoms with Gasteiger partial charge in [-0.05, 0) is 37.7 Å². The number of hydrogen-bond acceptors (Lipinski definition) is 4. The Labute approximate surface area is 153 Å². The largest absolute Gasteiger partial charge is 0.481 e. The Morgan fingerprint density at radius 2 is 2.12 bits per heavy atom. The second kappa shape index (κ2) is 7.39. The maximum absolute atomic E-state index is 12.7. The number of fused-ring (bicyclic) bond motifs is 3.